The molecule has 0 bridgehead atoms. The number of rotatable bonds is 2. The van der Waals surface area contributed by atoms with Gasteiger partial charge in [-0.2, -0.15) is 0 Å². The van der Waals surface area contributed by atoms with E-state index >= 15 is 0 Å². The molecule has 0 aromatic carbocycles. The third-order valence-corrected chi connectivity index (χ3v) is 4.30. The molecule has 0 spiro atoms. The van der Waals surface area contributed by atoms with E-state index in [1.54, 1.807) is 0 Å². The van der Waals surface area contributed by atoms with Gasteiger partial charge in [-0.05, 0) is 66.2 Å². The fourth-order valence-corrected chi connectivity index (χ4v) is 3.54. The third kappa shape index (κ3) is 3.09. The minimum atomic E-state index is -1.04. The van der Waals surface area contributed by atoms with E-state index in [0.29, 0.717) is 0 Å². The summed E-state index contributed by atoms with van der Waals surface area (Å²) in [5.74, 6) is -0.561. The molecule has 2 atom stereocenters. The molecule has 0 aliphatic heterocycles. The van der Waals surface area contributed by atoms with Gasteiger partial charge >= 0.3 is 11.9 Å². The van der Waals surface area contributed by atoms with E-state index in [0.717, 1.165) is 25.7 Å². The molecule has 0 N–H and O–H groups in total. The van der Waals surface area contributed by atoms with Crippen LogP contribution >= 0.6 is 0 Å². The smallest absolute Gasteiger partial charge is 0.324 e. The highest BCUT2D eigenvalue weighted by Crippen LogP contribution is 2.67. The molecule has 2 unspecified atom stereocenters. The molecular weight excluding hydrogens is 268 g/mol. The van der Waals surface area contributed by atoms with Crippen molar-refractivity contribution in [3.63, 3.8) is 0 Å². The van der Waals surface area contributed by atoms with E-state index in [-0.39, 0.29) is 23.8 Å². The standard InChI is InChI=1S/C17H28O4/c1-15(2,3)20-13(18)17(14(19)21-16(4,5)6)11-9-7-8-10-12(11)17/h11-12H,7-10H2,1-6H3. The molecule has 2 rings (SSSR count). The van der Waals surface area contributed by atoms with Gasteiger partial charge in [0.2, 0.25) is 0 Å². The predicted molar refractivity (Wildman–Crippen MR) is 79.6 cm³/mol. The second-order valence-corrected chi connectivity index (χ2v) is 8.37. The zero-order valence-corrected chi connectivity index (χ0v) is 14.1. The highest BCUT2D eigenvalue weighted by Gasteiger charge is 2.76. The topological polar surface area (TPSA) is 52.6 Å². The summed E-state index contributed by atoms with van der Waals surface area (Å²) in [6, 6.07) is 0. The largest absolute Gasteiger partial charge is 0.459 e. The first-order valence-corrected chi connectivity index (χ1v) is 7.95. The molecule has 120 valence electrons. The van der Waals surface area contributed by atoms with Crippen LogP contribution in [0.25, 0.3) is 0 Å². The highest BCUT2D eigenvalue weighted by atomic mass is 16.6. The molecule has 0 saturated heterocycles. The lowest BCUT2D eigenvalue weighted by Gasteiger charge is -2.27. The molecular formula is C17H28O4. The molecule has 0 aromatic rings. The van der Waals surface area contributed by atoms with Gasteiger partial charge in [0.05, 0.1) is 0 Å². The normalized spacial score (nSPS) is 27.5. The summed E-state index contributed by atoms with van der Waals surface area (Å²) in [5.41, 5.74) is -2.22. The maximum Gasteiger partial charge on any atom is 0.324 e. The Morgan fingerprint density at radius 3 is 1.43 bits per heavy atom. The number of carbonyl (C=O) groups is 2. The third-order valence-electron chi connectivity index (χ3n) is 4.30. The molecule has 0 heterocycles. The minimum absolute atomic E-state index is 0.107. The summed E-state index contributed by atoms with van der Waals surface area (Å²) < 4.78 is 11.1. The first kappa shape index (κ1) is 16.3. The SMILES string of the molecule is CC(C)(C)OC(=O)C1(C(=O)OC(C)(C)C)C2CCCCC21. The Morgan fingerprint density at radius 1 is 0.810 bits per heavy atom. The Kier molecular flexibility index (Phi) is 3.88. The summed E-state index contributed by atoms with van der Waals surface area (Å²) in [5, 5.41) is 0. The van der Waals surface area contributed by atoms with Crippen LogP contribution in [0.3, 0.4) is 0 Å². The Bertz CT molecular complexity index is 397. The lowest BCUT2D eigenvalue weighted by Crippen LogP contribution is -2.40. The first-order chi connectivity index (χ1) is 9.48. The predicted octanol–water partition coefficient (Wildman–Crippen LogP) is 3.48. The number of esters is 2. The summed E-state index contributed by atoms with van der Waals surface area (Å²) in [7, 11) is 0. The van der Waals surface area contributed by atoms with Crippen LogP contribution in [-0.4, -0.2) is 23.1 Å². The Balaban J connectivity index is 2.25. The molecule has 0 amide bonds. The maximum atomic E-state index is 12.7. The zero-order chi connectivity index (χ0) is 16.1. The van der Waals surface area contributed by atoms with E-state index in [1.165, 1.54) is 0 Å². The van der Waals surface area contributed by atoms with E-state index in [1.807, 2.05) is 41.5 Å². The van der Waals surface area contributed by atoms with Gasteiger partial charge in [-0.15, -0.1) is 0 Å². The van der Waals surface area contributed by atoms with Gasteiger partial charge in [0, 0.05) is 0 Å². The van der Waals surface area contributed by atoms with Gasteiger partial charge in [0.25, 0.3) is 0 Å². The number of hydrogen-bond acceptors (Lipinski definition) is 4. The van der Waals surface area contributed by atoms with Crippen molar-refractivity contribution in [2.45, 2.75) is 78.4 Å². The summed E-state index contributed by atoms with van der Waals surface area (Å²) in [6.07, 6.45) is 4.00. The maximum absolute atomic E-state index is 12.7. The van der Waals surface area contributed by atoms with E-state index in [9.17, 15) is 9.59 Å². The van der Waals surface area contributed by atoms with Crippen LogP contribution in [0.1, 0.15) is 67.2 Å². The molecule has 0 aromatic heterocycles. The molecule has 4 nitrogen and oxygen atoms in total. The molecule has 21 heavy (non-hydrogen) atoms. The highest BCUT2D eigenvalue weighted by molar-refractivity contribution is 6.05. The van der Waals surface area contributed by atoms with Crippen LogP contribution in [0, 0.1) is 17.3 Å². The summed E-state index contributed by atoms with van der Waals surface area (Å²) >= 11 is 0. The Labute approximate surface area is 127 Å². The monoisotopic (exact) mass is 296 g/mol. The van der Waals surface area contributed by atoms with Gasteiger partial charge in [0.1, 0.15) is 11.2 Å². The van der Waals surface area contributed by atoms with Gasteiger partial charge < -0.3 is 9.47 Å². The van der Waals surface area contributed by atoms with Crippen molar-refractivity contribution >= 4 is 11.9 Å². The summed E-state index contributed by atoms with van der Waals surface area (Å²) in [6.45, 7) is 11.0. The molecule has 2 aliphatic carbocycles. The molecule has 2 saturated carbocycles. The van der Waals surface area contributed by atoms with Crippen molar-refractivity contribution in [2.24, 2.45) is 17.3 Å². The van der Waals surface area contributed by atoms with Crippen molar-refractivity contribution in [1.82, 2.24) is 0 Å². The van der Waals surface area contributed by atoms with Gasteiger partial charge in [-0.3, -0.25) is 9.59 Å². The van der Waals surface area contributed by atoms with Crippen molar-refractivity contribution in [3.8, 4) is 0 Å². The van der Waals surface area contributed by atoms with Gasteiger partial charge in [0.15, 0.2) is 5.41 Å². The van der Waals surface area contributed by atoms with Crippen LogP contribution in [0.2, 0.25) is 0 Å². The number of fused-ring (bicyclic) bond motifs is 1. The lowest BCUT2D eigenvalue weighted by atomic mass is 10.00. The van der Waals surface area contributed by atoms with Crippen molar-refractivity contribution < 1.29 is 19.1 Å². The first-order valence-electron chi connectivity index (χ1n) is 7.95. The summed E-state index contributed by atoms with van der Waals surface area (Å²) in [4.78, 5) is 25.4. The fourth-order valence-electron chi connectivity index (χ4n) is 3.54. The van der Waals surface area contributed by atoms with Crippen molar-refractivity contribution in [2.75, 3.05) is 0 Å². The Morgan fingerprint density at radius 2 is 1.14 bits per heavy atom. The minimum Gasteiger partial charge on any atom is -0.459 e. The second-order valence-electron chi connectivity index (χ2n) is 8.37. The number of ether oxygens (including phenoxy) is 2. The van der Waals surface area contributed by atoms with Crippen LogP contribution in [0.5, 0.6) is 0 Å². The van der Waals surface area contributed by atoms with Gasteiger partial charge in [-0.25, -0.2) is 0 Å². The number of hydrogen-bond donors (Lipinski definition) is 0. The van der Waals surface area contributed by atoms with Gasteiger partial charge in [-0.1, -0.05) is 12.8 Å². The van der Waals surface area contributed by atoms with E-state index in [4.69, 9.17) is 9.47 Å². The average Bonchev–Trinajstić information content (AvgIpc) is 2.94. The van der Waals surface area contributed by atoms with Crippen LogP contribution in [0.15, 0.2) is 0 Å². The van der Waals surface area contributed by atoms with Crippen LogP contribution in [-0.2, 0) is 19.1 Å². The van der Waals surface area contributed by atoms with Crippen molar-refractivity contribution in [1.29, 1.82) is 0 Å². The van der Waals surface area contributed by atoms with Crippen LogP contribution in [0.4, 0.5) is 0 Å². The lowest BCUT2D eigenvalue weighted by molar-refractivity contribution is -0.178. The van der Waals surface area contributed by atoms with Crippen molar-refractivity contribution in [3.05, 3.63) is 0 Å². The average molecular weight is 296 g/mol. The quantitative estimate of drug-likeness (QED) is 0.578. The second kappa shape index (κ2) is 4.99. The molecule has 0 radical (unpaired) electrons. The fraction of sp³-hybridized carbons (Fsp3) is 0.882. The van der Waals surface area contributed by atoms with Crippen LogP contribution < -0.4 is 0 Å². The molecule has 2 fully saturated rings. The Hall–Kier alpha value is -1.06. The molecule has 2 aliphatic rings. The van der Waals surface area contributed by atoms with E-state index < -0.39 is 16.6 Å². The van der Waals surface area contributed by atoms with E-state index in [2.05, 4.69) is 0 Å². The zero-order valence-electron chi connectivity index (χ0n) is 14.1. The number of carbonyl (C=O) groups excluding carboxylic acids is 2. The molecule has 4 heteroatoms.